The maximum absolute atomic E-state index is 12.0. The van der Waals surface area contributed by atoms with E-state index in [9.17, 15) is 4.79 Å². The summed E-state index contributed by atoms with van der Waals surface area (Å²) in [5, 5.41) is 0. The van der Waals surface area contributed by atoms with Crippen LogP contribution in [0.5, 0.6) is 11.5 Å². The quantitative estimate of drug-likeness (QED) is 0.463. The number of carbonyl (C=O) groups is 1. The van der Waals surface area contributed by atoms with Gasteiger partial charge in [-0.3, -0.25) is 0 Å². The van der Waals surface area contributed by atoms with Crippen LogP contribution in [0, 0.1) is 0 Å². The number of nitrogens with zero attached hydrogens (tertiary/aromatic N) is 1. The molecular formula is C21H19NO5. The van der Waals surface area contributed by atoms with E-state index in [0.717, 1.165) is 5.56 Å². The Morgan fingerprint density at radius 2 is 1.89 bits per heavy atom. The van der Waals surface area contributed by atoms with Crippen molar-refractivity contribution in [3.05, 3.63) is 72.1 Å². The Morgan fingerprint density at radius 3 is 2.63 bits per heavy atom. The van der Waals surface area contributed by atoms with Gasteiger partial charge in [-0.05, 0) is 24.3 Å². The Bertz CT molecular complexity index is 931. The maximum Gasteiger partial charge on any atom is 0.331 e. The zero-order valence-electron chi connectivity index (χ0n) is 15.0. The third kappa shape index (κ3) is 4.55. The smallest absolute Gasteiger partial charge is 0.331 e. The molecule has 0 spiro atoms. The van der Waals surface area contributed by atoms with Crippen molar-refractivity contribution in [1.29, 1.82) is 0 Å². The van der Waals surface area contributed by atoms with Crippen LogP contribution in [-0.4, -0.2) is 25.2 Å². The van der Waals surface area contributed by atoms with Crippen molar-refractivity contribution in [2.24, 2.45) is 0 Å². The molecule has 0 radical (unpaired) electrons. The van der Waals surface area contributed by atoms with E-state index >= 15 is 0 Å². The number of para-hydroxylation sites is 1. The normalized spacial score (nSPS) is 10.7. The largest absolute Gasteiger partial charge is 0.493 e. The Labute approximate surface area is 157 Å². The second kappa shape index (κ2) is 8.71. The average molecular weight is 365 g/mol. The van der Waals surface area contributed by atoms with Crippen LogP contribution >= 0.6 is 0 Å². The minimum Gasteiger partial charge on any atom is -0.493 e. The number of ether oxygens (including phenoxy) is 3. The molecule has 0 atom stereocenters. The lowest BCUT2D eigenvalue weighted by molar-refractivity contribution is -0.139. The van der Waals surface area contributed by atoms with E-state index in [2.05, 4.69) is 4.98 Å². The minimum atomic E-state index is -0.496. The monoisotopic (exact) mass is 365 g/mol. The summed E-state index contributed by atoms with van der Waals surface area (Å²) in [4.78, 5) is 16.3. The fourth-order valence-corrected chi connectivity index (χ4v) is 2.48. The fourth-order valence-electron chi connectivity index (χ4n) is 2.48. The van der Waals surface area contributed by atoms with Gasteiger partial charge in [0.25, 0.3) is 0 Å². The summed E-state index contributed by atoms with van der Waals surface area (Å²) in [5.41, 5.74) is 2.11. The Kier molecular flexibility index (Phi) is 5.89. The van der Waals surface area contributed by atoms with E-state index in [1.54, 1.807) is 26.4 Å². The van der Waals surface area contributed by atoms with Gasteiger partial charge in [0.05, 0.1) is 14.2 Å². The van der Waals surface area contributed by atoms with E-state index in [-0.39, 0.29) is 6.61 Å². The van der Waals surface area contributed by atoms with Crippen LogP contribution in [0.2, 0.25) is 0 Å². The number of aromatic nitrogens is 1. The number of carbonyl (C=O) groups excluding carboxylic acids is 1. The molecule has 6 nitrogen and oxygen atoms in total. The summed E-state index contributed by atoms with van der Waals surface area (Å²) in [6.45, 7) is 0.0226. The Hall–Kier alpha value is -3.54. The molecule has 27 heavy (non-hydrogen) atoms. The number of hydrogen-bond acceptors (Lipinski definition) is 6. The molecule has 1 heterocycles. The molecule has 0 N–H and O–H groups in total. The van der Waals surface area contributed by atoms with Crippen molar-refractivity contribution < 1.29 is 23.4 Å². The first-order valence-corrected chi connectivity index (χ1v) is 8.27. The predicted octanol–water partition coefficient (Wildman–Crippen LogP) is 4.12. The molecule has 138 valence electrons. The van der Waals surface area contributed by atoms with Crippen LogP contribution in [0.15, 0.2) is 65.3 Å². The second-order valence-electron chi connectivity index (χ2n) is 5.53. The van der Waals surface area contributed by atoms with Gasteiger partial charge in [0.1, 0.15) is 18.6 Å². The third-order valence-electron chi connectivity index (χ3n) is 3.77. The van der Waals surface area contributed by atoms with Gasteiger partial charge in [-0.15, -0.1) is 0 Å². The maximum atomic E-state index is 12.0. The number of oxazole rings is 1. The minimum absolute atomic E-state index is 0.0226. The van der Waals surface area contributed by atoms with E-state index < -0.39 is 5.97 Å². The van der Waals surface area contributed by atoms with Crippen LogP contribution in [0.25, 0.3) is 17.5 Å². The van der Waals surface area contributed by atoms with Crippen LogP contribution in [0.1, 0.15) is 11.3 Å². The second-order valence-corrected chi connectivity index (χ2v) is 5.53. The summed E-state index contributed by atoms with van der Waals surface area (Å²) in [5.74, 6) is 1.12. The number of rotatable bonds is 7. The van der Waals surface area contributed by atoms with Crippen molar-refractivity contribution in [3.8, 4) is 23.0 Å². The number of hydrogen-bond donors (Lipinski definition) is 0. The van der Waals surface area contributed by atoms with Gasteiger partial charge in [0, 0.05) is 17.2 Å². The Morgan fingerprint density at radius 1 is 1.07 bits per heavy atom. The fraction of sp³-hybridized carbons (Fsp3) is 0.143. The molecule has 0 aliphatic rings. The van der Waals surface area contributed by atoms with E-state index in [1.165, 1.54) is 12.3 Å². The van der Waals surface area contributed by atoms with Crippen LogP contribution in [-0.2, 0) is 16.1 Å². The van der Waals surface area contributed by atoms with Crippen molar-refractivity contribution in [1.82, 2.24) is 4.98 Å². The van der Waals surface area contributed by atoms with Crippen molar-refractivity contribution in [2.45, 2.75) is 6.61 Å². The number of benzene rings is 2. The van der Waals surface area contributed by atoms with E-state index in [0.29, 0.717) is 28.6 Å². The predicted molar refractivity (Wildman–Crippen MR) is 100 cm³/mol. The lowest BCUT2D eigenvalue weighted by atomic mass is 10.1. The first-order chi connectivity index (χ1) is 13.2. The average Bonchev–Trinajstić information content (AvgIpc) is 3.20. The number of methoxy groups -OCH3 is 2. The molecule has 0 unspecified atom stereocenters. The van der Waals surface area contributed by atoms with Gasteiger partial charge >= 0.3 is 5.97 Å². The highest BCUT2D eigenvalue weighted by Gasteiger charge is 2.09. The molecule has 3 rings (SSSR count). The van der Waals surface area contributed by atoms with Crippen LogP contribution in [0.3, 0.4) is 0 Å². The van der Waals surface area contributed by atoms with Gasteiger partial charge in [0.2, 0.25) is 5.89 Å². The number of esters is 1. The zero-order valence-corrected chi connectivity index (χ0v) is 15.0. The molecule has 3 aromatic rings. The van der Waals surface area contributed by atoms with Crippen molar-refractivity contribution in [2.75, 3.05) is 14.2 Å². The summed E-state index contributed by atoms with van der Waals surface area (Å²) in [7, 11) is 3.10. The highest BCUT2D eigenvalue weighted by Crippen LogP contribution is 2.31. The first-order valence-electron chi connectivity index (χ1n) is 8.27. The van der Waals surface area contributed by atoms with Crippen LogP contribution in [0.4, 0.5) is 0 Å². The summed E-state index contributed by atoms with van der Waals surface area (Å²) in [6.07, 6.45) is 4.42. The standard InChI is InChI=1S/C21H19NO5/c1-24-18-10-6-9-15(20(18)25-2)11-12-19(23)26-13-17-14-27-21(22-17)16-7-4-3-5-8-16/h3-12,14H,13H2,1-2H3/b12-11+. The van der Waals surface area contributed by atoms with Crippen molar-refractivity contribution >= 4 is 12.0 Å². The van der Waals surface area contributed by atoms with E-state index in [4.69, 9.17) is 18.6 Å². The van der Waals surface area contributed by atoms with Gasteiger partial charge < -0.3 is 18.6 Å². The third-order valence-corrected chi connectivity index (χ3v) is 3.77. The van der Waals surface area contributed by atoms with E-state index in [1.807, 2.05) is 42.5 Å². The molecule has 0 amide bonds. The molecule has 0 fully saturated rings. The van der Waals surface area contributed by atoms with Crippen LogP contribution < -0.4 is 9.47 Å². The summed E-state index contributed by atoms with van der Waals surface area (Å²) in [6, 6.07) is 14.9. The van der Waals surface area contributed by atoms with Gasteiger partial charge in [0.15, 0.2) is 11.5 Å². The zero-order chi connectivity index (χ0) is 19.1. The molecular weight excluding hydrogens is 346 g/mol. The lowest BCUT2D eigenvalue weighted by Gasteiger charge is -2.09. The molecule has 0 bridgehead atoms. The first kappa shape index (κ1) is 18.3. The molecule has 0 saturated carbocycles. The molecule has 0 aliphatic heterocycles. The molecule has 1 aromatic heterocycles. The lowest BCUT2D eigenvalue weighted by Crippen LogP contribution is -2.01. The molecule has 0 saturated heterocycles. The summed E-state index contributed by atoms with van der Waals surface area (Å²) < 4.78 is 21.2. The Balaban J connectivity index is 1.61. The van der Waals surface area contributed by atoms with Gasteiger partial charge in [-0.1, -0.05) is 30.3 Å². The van der Waals surface area contributed by atoms with Gasteiger partial charge in [-0.25, -0.2) is 9.78 Å². The molecule has 0 aliphatic carbocycles. The molecule has 6 heteroatoms. The highest BCUT2D eigenvalue weighted by molar-refractivity contribution is 5.87. The topological polar surface area (TPSA) is 70.8 Å². The SMILES string of the molecule is COc1cccc(/C=C/C(=O)OCc2coc(-c3ccccc3)n2)c1OC. The van der Waals surface area contributed by atoms with Crippen molar-refractivity contribution in [3.63, 3.8) is 0 Å². The molecule has 2 aromatic carbocycles. The summed E-state index contributed by atoms with van der Waals surface area (Å²) >= 11 is 0. The highest BCUT2D eigenvalue weighted by atomic mass is 16.5. The van der Waals surface area contributed by atoms with Gasteiger partial charge in [-0.2, -0.15) is 0 Å².